The molecule has 1 amide bonds. The van der Waals surface area contributed by atoms with Crippen molar-refractivity contribution in [2.45, 2.75) is 20.4 Å². The smallest absolute Gasteiger partial charge is 0.257 e. The third-order valence-electron chi connectivity index (χ3n) is 4.96. The third kappa shape index (κ3) is 3.16. The molecule has 0 aliphatic heterocycles. The Labute approximate surface area is 164 Å². The fourth-order valence-electron chi connectivity index (χ4n) is 3.49. The Kier molecular flexibility index (Phi) is 4.65. The molecule has 0 N–H and O–H groups in total. The maximum atomic E-state index is 13.0. The van der Waals surface area contributed by atoms with Crippen molar-refractivity contribution in [1.82, 2.24) is 19.5 Å². The largest absolute Gasteiger partial charge is 0.337 e. The minimum Gasteiger partial charge on any atom is -0.337 e. The minimum absolute atomic E-state index is 0.0647. The molecule has 0 spiro atoms. The molecule has 0 aliphatic rings. The molecule has 4 aromatic rings. The van der Waals surface area contributed by atoms with Crippen molar-refractivity contribution in [3.05, 3.63) is 89.4 Å². The number of amides is 1. The average Bonchev–Trinajstić information content (AvgIpc) is 3.06. The molecular weight excluding hydrogens is 348 g/mol. The van der Waals surface area contributed by atoms with E-state index in [4.69, 9.17) is 0 Å². The molecule has 2 aromatic carbocycles. The molecule has 0 bridgehead atoms. The fraction of sp³-hybridized carbons (Fsp3) is 0.174. The first kappa shape index (κ1) is 17.9. The summed E-state index contributed by atoms with van der Waals surface area (Å²) in [5.74, 6) is -0.0647. The predicted molar refractivity (Wildman–Crippen MR) is 110 cm³/mol. The summed E-state index contributed by atoms with van der Waals surface area (Å²) in [6, 6.07) is 20.0. The summed E-state index contributed by atoms with van der Waals surface area (Å²) in [5.41, 5.74) is 6.18. The second kappa shape index (κ2) is 7.27. The lowest BCUT2D eigenvalue weighted by Gasteiger charge is -2.18. The number of carbonyl (C=O) groups excluding carboxylic acids is 1. The molecule has 2 heterocycles. The van der Waals surface area contributed by atoms with E-state index >= 15 is 0 Å². The van der Waals surface area contributed by atoms with E-state index in [-0.39, 0.29) is 5.91 Å². The van der Waals surface area contributed by atoms with Crippen LogP contribution in [0.1, 0.15) is 27.3 Å². The Hall–Kier alpha value is -3.47. The molecule has 5 heteroatoms. The number of nitrogens with zero attached hydrogens (tertiary/aromatic N) is 4. The van der Waals surface area contributed by atoms with Gasteiger partial charge in [-0.2, -0.15) is 5.10 Å². The summed E-state index contributed by atoms with van der Waals surface area (Å²) >= 11 is 0. The molecule has 0 fully saturated rings. The number of aromatic nitrogens is 3. The van der Waals surface area contributed by atoms with Crippen molar-refractivity contribution in [3.63, 3.8) is 0 Å². The second-order valence-corrected chi connectivity index (χ2v) is 6.97. The van der Waals surface area contributed by atoms with Crippen LogP contribution >= 0.6 is 0 Å². The number of fused-ring (bicyclic) bond motifs is 1. The number of carbonyl (C=O) groups is 1. The summed E-state index contributed by atoms with van der Waals surface area (Å²) in [6.07, 6.45) is 1.67. The van der Waals surface area contributed by atoms with Crippen LogP contribution in [0.15, 0.2) is 66.9 Å². The molecule has 0 aliphatic carbocycles. The minimum atomic E-state index is -0.0647. The topological polar surface area (TPSA) is 50.5 Å². The van der Waals surface area contributed by atoms with E-state index in [0.717, 1.165) is 33.7 Å². The van der Waals surface area contributed by atoms with Gasteiger partial charge >= 0.3 is 0 Å². The molecule has 140 valence electrons. The molecule has 4 rings (SSSR count). The van der Waals surface area contributed by atoms with Gasteiger partial charge in [-0.25, -0.2) is 9.50 Å². The van der Waals surface area contributed by atoms with Gasteiger partial charge in [0.2, 0.25) is 0 Å². The van der Waals surface area contributed by atoms with Crippen LogP contribution in [0.4, 0.5) is 0 Å². The maximum Gasteiger partial charge on any atom is 0.257 e. The van der Waals surface area contributed by atoms with Crippen LogP contribution in [0.3, 0.4) is 0 Å². The first-order valence-electron chi connectivity index (χ1n) is 9.26. The Morgan fingerprint density at radius 1 is 1.00 bits per heavy atom. The van der Waals surface area contributed by atoms with Crippen LogP contribution in [0.25, 0.3) is 16.8 Å². The zero-order valence-corrected chi connectivity index (χ0v) is 16.3. The van der Waals surface area contributed by atoms with E-state index in [1.54, 1.807) is 15.6 Å². The zero-order chi connectivity index (χ0) is 19.7. The summed E-state index contributed by atoms with van der Waals surface area (Å²) in [4.78, 5) is 19.3. The van der Waals surface area contributed by atoms with E-state index in [9.17, 15) is 4.79 Å². The number of benzene rings is 2. The highest BCUT2D eigenvalue weighted by molar-refractivity contribution is 5.95. The van der Waals surface area contributed by atoms with Crippen molar-refractivity contribution in [1.29, 1.82) is 0 Å². The maximum absolute atomic E-state index is 13.0. The van der Waals surface area contributed by atoms with Gasteiger partial charge in [0, 0.05) is 25.4 Å². The average molecular weight is 370 g/mol. The fourth-order valence-corrected chi connectivity index (χ4v) is 3.49. The molecule has 28 heavy (non-hydrogen) atoms. The molecule has 0 saturated carbocycles. The van der Waals surface area contributed by atoms with Gasteiger partial charge in [0.1, 0.15) is 0 Å². The van der Waals surface area contributed by atoms with Gasteiger partial charge in [-0.3, -0.25) is 4.79 Å². The molecule has 0 radical (unpaired) electrons. The van der Waals surface area contributed by atoms with Crippen molar-refractivity contribution in [3.8, 4) is 11.1 Å². The van der Waals surface area contributed by atoms with Gasteiger partial charge in [-0.05, 0) is 25.0 Å². The highest BCUT2D eigenvalue weighted by atomic mass is 16.2. The number of hydrogen-bond donors (Lipinski definition) is 0. The number of rotatable bonds is 4. The van der Waals surface area contributed by atoms with E-state index in [0.29, 0.717) is 12.1 Å². The van der Waals surface area contributed by atoms with Crippen LogP contribution in [0, 0.1) is 13.8 Å². The lowest BCUT2D eigenvalue weighted by molar-refractivity contribution is 0.0783. The lowest BCUT2D eigenvalue weighted by atomic mass is 10.1. The van der Waals surface area contributed by atoms with Gasteiger partial charge in [0.25, 0.3) is 5.91 Å². The Bertz CT molecular complexity index is 1130. The Morgan fingerprint density at radius 3 is 2.32 bits per heavy atom. The van der Waals surface area contributed by atoms with Gasteiger partial charge in [-0.1, -0.05) is 60.7 Å². The third-order valence-corrected chi connectivity index (χ3v) is 4.96. The molecule has 0 atom stereocenters. The summed E-state index contributed by atoms with van der Waals surface area (Å²) < 4.78 is 1.78. The van der Waals surface area contributed by atoms with Crippen molar-refractivity contribution < 1.29 is 4.79 Å². The number of hydrogen-bond acceptors (Lipinski definition) is 3. The molecule has 0 unspecified atom stereocenters. The summed E-state index contributed by atoms with van der Waals surface area (Å²) in [7, 11) is 1.81. The van der Waals surface area contributed by atoms with Gasteiger partial charge in [0.15, 0.2) is 5.65 Å². The van der Waals surface area contributed by atoms with Crippen LogP contribution in [0.5, 0.6) is 0 Å². The zero-order valence-electron chi connectivity index (χ0n) is 16.3. The second-order valence-electron chi connectivity index (χ2n) is 6.97. The SMILES string of the molecule is Cc1nn2c(C)c(C(=O)N(C)Cc3ccccc3)cnc2c1-c1ccccc1. The van der Waals surface area contributed by atoms with E-state index < -0.39 is 0 Å². The molecular formula is C23H22N4O. The Balaban J connectivity index is 1.71. The van der Waals surface area contributed by atoms with Crippen molar-refractivity contribution in [2.75, 3.05) is 7.05 Å². The molecule has 0 saturated heterocycles. The highest BCUT2D eigenvalue weighted by Crippen LogP contribution is 2.28. The number of aryl methyl sites for hydroxylation is 2. The molecule has 5 nitrogen and oxygen atoms in total. The Morgan fingerprint density at radius 2 is 1.64 bits per heavy atom. The lowest BCUT2D eigenvalue weighted by Crippen LogP contribution is -2.27. The van der Waals surface area contributed by atoms with Crippen molar-refractivity contribution >= 4 is 11.6 Å². The first-order valence-corrected chi connectivity index (χ1v) is 9.26. The van der Waals surface area contributed by atoms with Crippen LogP contribution < -0.4 is 0 Å². The van der Waals surface area contributed by atoms with Gasteiger partial charge in [0.05, 0.1) is 17.0 Å². The van der Waals surface area contributed by atoms with Crippen LogP contribution in [0.2, 0.25) is 0 Å². The quantitative estimate of drug-likeness (QED) is 0.539. The standard InChI is InChI=1S/C23H22N4O/c1-16-21(19-12-8-5-9-13-19)22-24-14-20(17(2)27(22)25-16)23(28)26(3)15-18-10-6-4-7-11-18/h4-14H,15H2,1-3H3. The van der Waals surface area contributed by atoms with Crippen molar-refractivity contribution in [2.24, 2.45) is 0 Å². The van der Waals surface area contributed by atoms with Crippen LogP contribution in [-0.4, -0.2) is 32.5 Å². The van der Waals surface area contributed by atoms with E-state index in [2.05, 4.69) is 10.1 Å². The van der Waals surface area contributed by atoms with Gasteiger partial charge in [-0.15, -0.1) is 0 Å². The highest BCUT2D eigenvalue weighted by Gasteiger charge is 2.20. The molecule has 2 aromatic heterocycles. The summed E-state index contributed by atoms with van der Waals surface area (Å²) in [5, 5.41) is 4.66. The predicted octanol–water partition coefficient (Wildman–Crippen LogP) is 4.29. The normalized spacial score (nSPS) is 11.0. The van der Waals surface area contributed by atoms with E-state index in [1.807, 2.05) is 81.6 Å². The first-order chi connectivity index (χ1) is 13.6. The van der Waals surface area contributed by atoms with Gasteiger partial charge < -0.3 is 4.90 Å². The monoisotopic (exact) mass is 370 g/mol. The van der Waals surface area contributed by atoms with E-state index in [1.165, 1.54) is 0 Å². The van der Waals surface area contributed by atoms with Crippen LogP contribution in [-0.2, 0) is 6.54 Å². The summed E-state index contributed by atoms with van der Waals surface area (Å²) in [6.45, 7) is 4.43.